The number of rotatable bonds is 7. The van der Waals surface area contributed by atoms with E-state index in [-0.39, 0.29) is 12.6 Å². The van der Waals surface area contributed by atoms with Gasteiger partial charge in [-0.25, -0.2) is 14.6 Å². The van der Waals surface area contributed by atoms with Crippen molar-refractivity contribution in [1.82, 2.24) is 5.01 Å². The van der Waals surface area contributed by atoms with Gasteiger partial charge in [0.2, 0.25) is 0 Å². The molecule has 0 unspecified atom stereocenters. The van der Waals surface area contributed by atoms with Crippen molar-refractivity contribution < 1.29 is 23.5 Å². The molecule has 0 aliphatic heterocycles. The predicted octanol–water partition coefficient (Wildman–Crippen LogP) is 4.73. The molecular formula is C23H22N2O5. The summed E-state index contributed by atoms with van der Waals surface area (Å²) in [6, 6.07) is 19.8. The number of hydrogen-bond acceptors (Lipinski definition) is 6. The maximum Gasteiger partial charge on any atom is 0.430 e. The maximum atomic E-state index is 12.0. The fraction of sp³-hybridized carbons (Fsp3) is 0.174. The molecule has 7 nitrogen and oxygen atoms in total. The quantitative estimate of drug-likeness (QED) is 0.322. The molecule has 0 fully saturated rings. The second-order valence-electron chi connectivity index (χ2n) is 6.31. The molecule has 3 rings (SSSR count). The number of esters is 1. The Morgan fingerprint density at radius 3 is 2.43 bits per heavy atom. The van der Waals surface area contributed by atoms with E-state index in [4.69, 9.17) is 13.9 Å². The maximum absolute atomic E-state index is 12.0. The summed E-state index contributed by atoms with van der Waals surface area (Å²) in [5.74, 6) is 0.724. The van der Waals surface area contributed by atoms with Crippen LogP contribution in [0, 0.1) is 0 Å². The van der Waals surface area contributed by atoms with Crippen molar-refractivity contribution >= 4 is 18.3 Å². The standard InChI is InChI=1S/C23H22N2O5/c1-3-28-22(26)19-11-9-18(10-12-19)21-14-13-20(30-21)15-24-25(2)23(27)29-16-17-7-5-4-6-8-17/h4-15H,3,16H2,1-2H3/b24-15-. The Morgan fingerprint density at radius 1 is 1.00 bits per heavy atom. The van der Waals surface area contributed by atoms with Gasteiger partial charge >= 0.3 is 12.1 Å². The van der Waals surface area contributed by atoms with Gasteiger partial charge in [0.15, 0.2) is 0 Å². The number of nitrogens with zero attached hydrogens (tertiary/aromatic N) is 2. The summed E-state index contributed by atoms with van der Waals surface area (Å²) in [7, 11) is 1.50. The number of carbonyl (C=O) groups excluding carboxylic acids is 2. The lowest BCUT2D eigenvalue weighted by Crippen LogP contribution is -2.22. The van der Waals surface area contributed by atoms with Gasteiger partial charge in [0, 0.05) is 12.6 Å². The lowest BCUT2D eigenvalue weighted by Gasteiger charge is -2.11. The Kier molecular flexibility index (Phi) is 7.00. The van der Waals surface area contributed by atoms with Crippen LogP contribution in [0.2, 0.25) is 0 Å². The van der Waals surface area contributed by atoms with Crippen molar-refractivity contribution in [3.05, 3.63) is 83.6 Å². The van der Waals surface area contributed by atoms with Crippen molar-refractivity contribution in [1.29, 1.82) is 0 Å². The molecule has 1 aromatic heterocycles. The van der Waals surface area contributed by atoms with Gasteiger partial charge in [-0.15, -0.1) is 0 Å². The third-order valence-corrected chi connectivity index (χ3v) is 4.13. The van der Waals surface area contributed by atoms with Crippen molar-refractivity contribution in [2.45, 2.75) is 13.5 Å². The average molecular weight is 406 g/mol. The Morgan fingerprint density at radius 2 is 1.73 bits per heavy atom. The zero-order valence-corrected chi connectivity index (χ0v) is 16.8. The zero-order chi connectivity index (χ0) is 21.3. The van der Waals surface area contributed by atoms with E-state index < -0.39 is 6.09 Å². The molecule has 154 valence electrons. The van der Waals surface area contributed by atoms with Crippen LogP contribution in [0.1, 0.15) is 28.6 Å². The SMILES string of the molecule is CCOC(=O)c1ccc(-c2ccc(/C=N\N(C)C(=O)OCc3ccccc3)o2)cc1. The van der Waals surface area contributed by atoms with E-state index >= 15 is 0 Å². The molecule has 0 spiro atoms. The molecule has 3 aromatic rings. The lowest BCUT2D eigenvalue weighted by molar-refractivity contribution is 0.0526. The number of hydrazone groups is 1. The van der Waals surface area contributed by atoms with E-state index in [0.29, 0.717) is 23.7 Å². The predicted molar refractivity (Wildman–Crippen MR) is 112 cm³/mol. The van der Waals surface area contributed by atoms with E-state index in [1.807, 2.05) is 30.3 Å². The number of ether oxygens (including phenoxy) is 2. The molecule has 0 aliphatic carbocycles. The van der Waals surface area contributed by atoms with Gasteiger partial charge in [-0.1, -0.05) is 42.5 Å². The highest BCUT2D eigenvalue weighted by Crippen LogP contribution is 2.22. The minimum absolute atomic E-state index is 0.173. The van der Waals surface area contributed by atoms with Crippen LogP contribution >= 0.6 is 0 Å². The van der Waals surface area contributed by atoms with Crippen molar-refractivity contribution in [2.24, 2.45) is 5.10 Å². The van der Waals surface area contributed by atoms with E-state index in [2.05, 4.69) is 5.10 Å². The largest absolute Gasteiger partial charge is 0.462 e. The van der Waals surface area contributed by atoms with Crippen LogP contribution in [0.5, 0.6) is 0 Å². The van der Waals surface area contributed by atoms with Gasteiger partial charge in [-0.05, 0) is 36.8 Å². The van der Waals surface area contributed by atoms with Crippen LogP contribution in [-0.4, -0.2) is 36.9 Å². The van der Waals surface area contributed by atoms with Crippen LogP contribution < -0.4 is 0 Å². The smallest absolute Gasteiger partial charge is 0.430 e. The summed E-state index contributed by atoms with van der Waals surface area (Å²) < 4.78 is 15.9. The Bertz CT molecular complexity index is 1010. The molecule has 0 N–H and O–H groups in total. The molecule has 0 aliphatic rings. The van der Waals surface area contributed by atoms with Gasteiger partial charge in [-0.3, -0.25) is 0 Å². The first kappa shape index (κ1) is 20.9. The fourth-order valence-corrected chi connectivity index (χ4v) is 2.57. The third kappa shape index (κ3) is 5.57. The van der Waals surface area contributed by atoms with Crippen LogP contribution in [0.4, 0.5) is 4.79 Å². The van der Waals surface area contributed by atoms with E-state index in [9.17, 15) is 9.59 Å². The molecule has 2 aromatic carbocycles. The van der Waals surface area contributed by atoms with Crippen molar-refractivity contribution in [3.8, 4) is 11.3 Å². The molecule has 0 bridgehead atoms. The Balaban J connectivity index is 1.57. The van der Waals surface area contributed by atoms with Crippen molar-refractivity contribution in [2.75, 3.05) is 13.7 Å². The molecular weight excluding hydrogens is 384 g/mol. The van der Waals surface area contributed by atoms with Crippen LogP contribution in [0.15, 0.2) is 76.2 Å². The minimum atomic E-state index is -0.573. The van der Waals surface area contributed by atoms with Crippen LogP contribution in [0.25, 0.3) is 11.3 Å². The number of furan rings is 1. The Labute approximate surface area is 174 Å². The monoisotopic (exact) mass is 406 g/mol. The van der Waals surface area contributed by atoms with E-state index in [1.165, 1.54) is 13.3 Å². The van der Waals surface area contributed by atoms with E-state index in [1.54, 1.807) is 43.3 Å². The van der Waals surface area contributed by atoms with E-state index in [0.717, 1.165) is 16.1 Å². The summed E-state index contributed by atoms with van der Waals surface area (Å²) in [4.78, 5) is 23.7. The first-order valence-electron chi connectivity index (χ1n) is 9.42. The molecule has 0 saturated carbocycles. The Hall–Kier alpha value is -3.87. The first-order chi connectivity index (χ1) is 14.6. The summed E-state index contributed by atoms with van der Waals surface area (Å²) in [6.07, 6.45) is 0.858. The molecule has 1 heterocycles. The first-order valence-corrected chi connectivity index (χ1v) is 9.42. The molecule has 30 heavy (non-hydrogen) atoms. The number of carbonyl (C=O) groups is 2. The highest BCUT2D eigenvalue weighted by Gasteiger charge is 2.10. The summed E-state index contributed by atoms with van der Waals surface area (Å²) in [5, 5.41) is 5.15. The summed E-state index contributed by atoms with van der Waals surface area (Å²) >= 11 is 0. The van der Waals surface area contributed by atoms with Gasteiger partial charge in [0.05, 0.1) is 18.4 Å². The van der Waals surface area contributed by atoms with Crippen molar-refractivity contribution in [3.63, 3.8) is 0 Å². The van der Waals surface area contributed by atoms with Gasteiger partial charge in [0.25, 0.3) is 0 Å². The molecule has 0 atom stereocenters. The molecule has 7 heteroatoms. The zero-order valence-electron chi connectivity index (χ0n) is 16.8. The van der Waals surface area contributed by atoms with Gasteiger partial charge in [-0.2, -0.15) is 5.10 Å². The third-order valence-electron chi connectivity index (χ3n) is 4.13. The number of hydrogen-bond donors (Lipinski definition) is 0. The summed E-state index contributed by atoms with van der Waals surface area (Å²) in [5.41, 5.74) is 2.18. The second-order valence-corrected chi connectivity index (χ2v) is 6.31. The average Bonchev–Trinajstić information content (AvgIpc) is 3.26. The topological polar surface area (TPSA) is 81.3 Å². The lowest BCUT2D eigenvalue weighted by atomic mass is 10.1. The van der Waals surface area contributed by atoms with Crippen LogP contribution in [-0.2, 0) is 16.1 Å². The van der Waals surface area contributed by atoms with Gasteiger partial charge in [0.1, 0.15) is 18.1 Å². The normalized spacial score (nSPS) is 10.7. The number of amides is 1. The molecule has 0 saturated heterocycles. The highest BCUT2D eigenvalue weighted by atomic mass is 16.6. The fourth-order valence-electron chi connectivity index (χ4n) is 2.57. The molecule has 1 amide bonds. The second kappa shape index (κ2) is 10.1. The van der Waals surface area contributed by atoms with Crippen LogP contribution in [0.3, 0.4) is 0 Å². The molecule has 0 radical (unpaired) electrons. The minimum Gasteiger partial charge on any atom is -0.462 e. The summed E-state index contributed by atoms with van der Waals surface area (Å²) in [6.45, 7) is 2.26. The van der Waals surface area contributed by atoms with Gasteiger partial charge < -0.3 is 13.9 Å². The highest BCUT2D eigenvalue weighted by molar-refractivity contribution is 5.90. The number of benzene rings is 2.